The largest absolute Gasteiger partial charge is 0.317 e. The highest BCUT2D eigenvalue weighted by Gasteiger charge is 2.18. The maximum absolute atomic E-state index is 8.47. The van der Waals surface area contributed by atoms with Crippen LogP contribution in [0, 0.1) is 17.2 Å². The minimum absolute atomic E-state index is 0.717. The Morgan fingerprint density at radius 3 is 3.06 bits per heavy atom. The molecule has 0 amide bonds. The topological polar surface area (TPSA) is 39.1 Å². The second-order valence-corrected chi connectivity index (χ2v) is 4.73. The lowest BCUT2D eigenvalue weighted by Crippen LogP contribution is -2.40. The van der Waals surface area contributed by atoms with Crippen LogP contribution in [0.25, 0.3) is 0 Å². The lowest BCUT2D eigenvalue weighted by Gasteiger charge is -2.32. The molecule has 0 aromatic rings. The summed E-state index contributed by atoms with van der Waals surface area (Å²) >= 11 is 0. The standard InChI is InChI=1S/C13H25N3/c1-2-15-11-13-7-6-10-16(12-13)9-5-3-4-8-14/h13,15H,2-7,9-12H2,1H3. The lowest BCUT2D eigenvalue weighted by molar-refractivity contribution is 0.170. The lowest BCUT2D eigenvalue weighted by atomic mass is 9.97. The molecule has 0 aromatic heterocycles. The normalized spacial score (nSPS) is 21.9. The predicted octanol–water partition coefficient (Wildman–Crippen LogP) is 2.00. The first-order valence-electron chi connectivity index (χ1n) is 6.66. The summed E-state index contributed by atoms with van der Waals surface area (Å²) in [6.45, 7) is 8.12. The van der Waals surface area contributed by atoms with Crippen LogP contribution in [-0.2, 0) is 0 Å². The van der Waals surface area contributed by atoms with E-state index in [9.17, 15) is 0 Å². The average Bonchev–Trinajstić information content (AvgIpc) is 2.33. The third kappa shape index (κ3) is 5.48. The van der Waals surface area contributed by atoms with Crippen molar-refractivity contribution in [2.75, 3.05) is 32.7 Å². The van der Waals surface area contributed by atoms with Crippen molar-refractivity contribution in [3.63, 3.8) is 0 Å². The van der Waals surface area contributed by atoms with Crippen molar-refractivity contribution < 1.29 is 0 Å². The van der Waals surface area contributed by atoms with Crippen molar-refractivity contribution in [1.29, 1.82) is 5.26 Å². The summed E-state index contributed by atoms with van der Waals surface area (Å²) in [6, 6.07) is 2.21. The van der Waals surface area contributed by atoms with E-state index >= 15 is 0 Å². The van der Waals surface area contributed by atoms with E-state index in [2.05, 4.69) is 23.2 Å². The molecule has 0 spiro atoms. The van der Waals surface area contributed by atoms with Gasteiger partial charge in [-0.2, -0.15) is 5.26 Å². The molecule has 1 aliphatic heterocycles. The Morgan fingerprint density at radius 1 is 1.44 bits per heavy atom. The minimum atomic E-state index is 0.717. The molecule has 0 radical (unpaired) electrons. The zero-order valence-corrected chi connectivity index (χ0v) is 10.5. The van der Waals surface area contributed by atoms with Gasteiger partial charge in [-0.25, -0.2) is 0 Å². The maximum Gasteiger partial charge on any atom is 0.0621 e. The van der Waals surface area contributed by atoms with Crippen LogP contribution in [0.3, 0.4) is 0 Å². The van der Waals surface area contributed by atoms with Crippen molar-refractivity contribution in [3.8, 4) is 6.07 Å². The first-order chi connectivity index (χ1) is 7.86. The highest BCUT2D eigenvalue weighted by Crippen LogP contribution is 2.16. The van der Waals surface area contributed by atoms with Crippen LogP contribution in [0.5, 0.6) is 0 Å². The Hall–Kier alpha value is -0.590. The van der Waals surface area contributed by atoms with Gasteiger partial charge < -0.3 is 10.2 Å². The fraction of sp³-hybridized carbons (Fsp3) is 0.923. The Balaban J connectivity index is 2.10. The van der Waals surface area contributed by atoms with Crippen LogP contribution in [0.15, 0.2) is 0 Å². The van der Waals surface area contributed by atoms with Crippen molar-refractivity contribution in [2.45, 2.75) is 39.0 Å². The van der Waals surface area contributed by atoms with E-state index in [1.165, 1.54) is 45.4 Å². The van der Waals surface area contributed by atoms with Crippen molar-refractivity contribution in [2.24, 2.45) is 5.92 Å². The molecule has 3 nitrogen and oxygen atoms in total. The summed E-state index contributed by atoms with van der Waals surface area (Å²) in [4.78, 5) is 2.57. The van der Waals surface area contributed by atoms with Gasteiger partial charge >= 0.3 is 0 Å². The molecule has 1 atom stereocenters. The van der Waals surface area contributed by atoms with Gasteiger partial charge in [0.1, 0.15) is 0 Å². The van der Waals surface area contributed by atoms with E-state index in [0.29, 0.717) is 6.42 Å². The highest BCUT2D eigenvalue weighted by molar-refractivity contribution is 4.75. The third-order valence-electron chi connectivity index (χ3n) is 3.30. The first-order valence-corrected chi connectivity index (χ1v) is 6.66. The van der Waals surface area contributed by atoms with Crippen molar-refractivity contribution >= 4 is 0 Å². The second kappa shape index (κ2) is 8.55. The second-order valence-electron chi connectivity index (χ2n) is 4.73. The number of nitrogens with zero attached hydrogens (tertiary/aromatic N) is 2. The minimum Gasteiger partial charge on any atom is -0.317 e. The van der Waals surface area contributed by atoms with E-state index in [4.69, 9.17) is 5.26 Å². The van der Waals surface area contributed by atoms with Gasteiger partial charge in [-0.05, 0) is 57.8 Å². The molecule has 0 aliphatic carbocycles. The molecular weight excluding hydrogens is 198 g/mol. The van der Waals surface area contributed by atoms with Gasteiger partial charge in [0.25, 0.3) is 0 Å². The average molecular weight is 223 g/mol. The third-order valence-corrected chi connectivity index (χ3v) is 3.30. The molecule has 1 heterocycles. The molecular formula is C13H25N3. The van der Waals surface area contributed by atoms with E-state index in [0.717, 1.165) is 18.9 Å². The zero-order chi connectivity index (χ0) is 11.6. The Labute approximate surface area is 99.8 Å². The number of hydrogen-bond donors (Lipinski definition) is 1. The van der Waals surface area contributed by atoms with E-state index < -0.39 is 0 Å². The molecule has 16 heavy (non-hydrogen) atoms. The molecule has 0 aromatic carbocycles. The van der Waals surface area contributed by atoms with Crippen LogP contribution in [0.1, 0.15) is 39.0 Å². The van der Waals surface area contributed by atoms with Gasteiger partial charge in [0.2, 0.25) is 0 Å². The summed E-state index contributed by atoms with van der Waals surface area (Å²) in [6.07, 6.45) is 5.68. The number of nitriles is 1. The number of nitrogens with one attached hydrogen (secondary N) is 1. The quantitative estimate of drug-likeness (QED) is 0.671. The highest BCUT2D eigenvalue weighted by atomic mass is 15.1. The summed E-state index contributed by atoms with van der Waals surface area (Å²) in [5, 5.41) is 11.9. The fourth-order valence-electron chi connectivity index (χ4n) is 2.41. The van der Waals surface area contributed by atoms with Gasteiger partial charge in [0, 0.05) is 13.0 Å². The number of unbranched alkanes of at least 4 members (excludes halogenated alkanes) is 2. The molecule has 92 valence electrons. The fourth-order valence-corrected chi connectivity index (χ4v) is 2.41. The molecule has 1 unspecified atom stereocenters. The van der Waals surface area contributed by atoms with E-state index in [-0.39, 0.29) is 0 Å². The van der Waals surface area contributed by atoms with Crippen LogP contribution < -0.4 is 5.32 Å². The monoisotopic (exact) mass is 223 g/mol. The summed E-state index contributed by atoms with van der Waals surface area (Å²) in [7, 11) is 0. The molecule has 1 aliphatic rings. The first kappa shape index (κ1) is 13.5. The predicted molar refractivity (Wildman–Crippen MR) is 67.2 cm³/mol. The summed E-state index contributed by atoms with van der Waals surface area (Å²) in [5.74, 6) is 0.838. The van der Waals surface area contributed by atoms with Crippen LogP contribution in [-0.4, -0.2) is 37.6 Å². The van der Waals surface area contributed by atoms with Crippen molar-refractivity contribution in [3.05, 3.63) is 0 Å². The summed E-state index contributed by atoms with van der Waals surface area (Å²) in [5.41, 5.74) is 0. The van der Waals surface area contributed by atoms with Gasteiger partial charge in [-0.15, -0.1) is 0 Å². The molecule has 1 saturated heterocycles. The van der Waals surface area contributed by atoms with Crippen LogP contribution >= 0.6 is 0 Å². The summed E-state index contributed by atoms with van der Waals surface area (Å²) < 4.78 is 0. The number of hydrogen-bond acceptors (Lipinski definition) is 3. The van der Waals surface area contributed by atoms with Crippen molar-refractivity contribution in [1.82, 2.24) is 10.2 Å². The molecule has 0 bridgehead atoms. The molecule has 1 N–H and O–H groups in total. The van der Waals surface area contributed by atoms with E-state index in [1.807, 2.05) is 0 Å². The van der Waals surface area contributed by atoms with Gasteiger partial charge in [-0.1, -0.05) is 6.92 Å². The van der Waals surface area contributed by atoms with Crippen LogP contribution in [0.2, 0.25) is 0 Å². The number of piperidine rings is 1. The SMILES string of the molecule is CCNCC1CCCN(CCCCC#N)C1. The smallest absolute Gasteiger partial charge is 0.0621 e. The molecule has 0 saturated carbocycles. The van der Waals surface area contributed by atoms with Crippen LogP contribution in [0.4, 0.5) is 0 Å². The Morgan fingerprint density at radius 2 is 2.31 bits per heavy atom. The Bertz CT molecular complexity index is 210. The number of likely N-dealkylation sites (tertiary alicyclic amines) is 1. The number of rotatable bonds is 7. The van der Waals surface area contributed by atoms with Gasteiger partial charge in [-0.3, -0.25) is 0 Å². The molecule has 3 heteroatoms. The molecule has 1 rings (SSSR count). The Kier molecular flexibility index (Phi) is 7.20. The van der Waals surface area contributed by atoms with E-state index in [1.54, 1.807) is 0 Å². The van der Waals surface area contributed by atoms with Gasteiger partial charge in [0.15, 0.2) is 0 Å². The molecule has 1 fully saturated rings. The van der Waals surface area contributed by atoms with Gasteiger partial charge in [0.05, 0.1) is 6.07 Å². The zero-order valence-electron chi connectivity index (χ0n) is 10.5. The maximum atomic E-state index is 8.47.